The van der Waals surface area contributed by atoms with E-state index in [0.717, 1.165) is 36.0 Å². The number of pyridine rings is 1. The Labute approximate surface area is 96.8 Å². The number of nitrogens with zero attached hydrogens (tertiary/aromatic N) is 4. The molecular weight excluding hydrogens is 246 g/mol. The van der Waals surface area contributed by atoms with Gasteiger partial charge in [-0.3, -0.25) is 0 Å². The number of aromatic nitrogens is 4. The van der Waals surface area contributed by atoms with Gasteiger partial charge in [-0.15, -0.1) is 0 Å². The first-order valence-electron chi connectivity index (χ1n) is 4.63. The molecule has 71 valence electrons. The van der Waals surface area contributed by atoms with Crippen LogP contribution in [-0.2, 0) is 0 Å². The summed E-state index contributed by atoms with van der Waals surface area (Å²) in [5.74, 6) is 1.84. The minimum absolute atomic E-state index is 0.904. The fourth-order valence-corrected chi connectivity index (χ4v) is 2.29. The van der Waals surface area contributed by atoms with Crippen molar-refractivity contribution in [2.45, 2.75) is 0 Å². The Bertz CT molecular complexity index is 610. The van der Waals surface area contributed by atoms with Gasteiger partial charge in [0.05, 0.1) is 0 Å². The maximum atomic E-state index is 4.40. The van der Waals surface area contributed by atoms with Crippen LogP contribution in [0.25, 0.3) is 17.2 Å². The third-order valence-corrected chi connectivity index (χ3v) is 3.42. The van der Waals surface area contributed by atoms with Crippen LogP contribution in [0.3, 0.4) is 0 Å². The fourth-order valence-electron chi connectivity index (χ4n) is 1.62. The molecule has 3 aromatic rings. The van der Waals surface area contributed by atoms with Crippen LogP contribution in [0.15, 0.2) is 43.0 Å². The number of rotatable bonds is 1. The minimum atomic E-state index is 0.904. The summed E-state index contributed by atoms with van der Waals surface area (Å²) in [6.07, 6.45) is 7.65. The Morgan fingerprint density at radius 3 is 2.80 bits per heavy atom. The Morgan fingerprint density at radius 1 is 1.07 bits per heavy atom. The van der Waals surface area contributed by atoms with E-state index in [1.54, 1.807) is 0 Å². The quantitative estimate of drug-likeness (QED) is 0.603. The van der Waals surface area contributed by atoms with Crippen LogP contribution in [0.2, 0.25) is 0 Å². The Morgan fingerprint density at radius 2 is 2.00 bits per heavy atom. The van der Waals surface area contributed by atoms with Gasteiger partial charge in [0.25, 0.3) is 0 Å². The number of imidazole rings is 2. The molecule has 0 spiro atoms. The van der Waals surface area contributed by atoms with Crippen molar-refractivity contribution in [3.63, 3.8) is 0 Å². The fraction of sp³-hybridized carbons (Fsp3) is 0. The van der Waals surface area contributed by atoms with Crippen molar-refractivity contribution in [2.75, 3.05) is 0 Å². The maximum absolute atomic E-state index is 4.40. The van der Waals surface area contributed by atoms with Gasteiger partial charge in [-0.2, -0.15) is 0 Å². The standard InChI is InChI=1S/C10H7N4.Ga.H/c1-2-6-14-8(3-1)7-13-10(14)9-11-4-5-12-9;;/h1-7H;;/q-1;+1;. The number of fused-ring (bicyclic) bond motifs is 1. The molecule has 0 aliphatic carbocycles. The second-order valence-corrected chi connectivity index (χ2v) is 4.73. The van der Waals surface area contributed by atoms with Crippen molar-refractivity contribution in [2.24, 2.45) is 0 Å². The van der Waals surface area contributed by atoms with Crippen LogP contribution in [-0.4, -0.2) is 36.5 Å². The van der Waals surface area contributed by atoms with E-state index >= 15 is 0 Å². The van der Waals surface area contributed by atoms with Gasteiger partial charge in [0.1, 0.15) is 0 Å². The summed E-state index contributed by atoms with van der Waals surface area (Å²) in [6.45, 7) is 0. The molecule has 0 aliphatic rings. The summed E-state index contributed by atoms with van der Waals surface area (Å²) in [6, 6.07) is 6.04. The summed E-state index contributed by atoms with van der Waals surface area (Å²) in [4.78, 5) is 8.72. The summed E-state index contributed by atoms with van der Waals surface area (Å²) < 4.78 is 4.14. The first-order chi connectivity index (χ1) is 7.36. The van der Waals surface area contributed by atoms with Crippen LogP contribution in [0.4, 0.5) is 0 Å². The Hall–Kier alpha value is -1.46. The van der Waals surface area contributed by atoms with Gasteiger partial charge in [0.15, 0.2) is 0 Å². The van der Waals surface area contributed by atoms with Crippen LogP contribution < -0.4 is 0 Å². The van der Waals surface area contributed by atoms with E-state index in [1.165, 1.54) is 0 Å². The van der Waals surface area contributed by atoms with Gasteiger partial charge in [0, 0.05) is 0 Å². The molecule has 0 aliphatic heterocycles. The second kappa shape index (κ2) is 3.29. The van der Waals surface area contributed by atoms with Gasteiger partial charge >= 0.3 is 96.6 Å². The molecule has 0 atom stereocenters. The molecule has 0 bridgehead atoms. The van der Waals surface area contributed by atoms with Gasteiger partial charge in [-0.05, 0) is 0 Å². The number of hydrogen-bond acceptors (Lipinski definition) is 2. The first kappa shape index (κ1) is 8.81. The molecule has 0 aromatic carbocycles. The topological polar surface area (TPSA) is 35.1 Å². The van der Waals surface area contributed by atoms with Crippen molar-refractivity contribution < 1.29 is 0 Å². The molecule has 3 heterocycles. The van der Waals surface area contributed by atoms with E-state index in [4.69, 9.17) is 0 Å². The summed E-state index contributed by atoms with van der Waals surface area (Å²) >= 11 is 1.02. The molecule has 0 fully saturated rings. The summed E-state index contributed by atoms with van der Waals surface area (Å²) in [7, 11) is 0. The van der Waals surface area contributed by atoms with Crippen LogP contribution in [0.1, 0.15) is 0 Å². The van der Waals surface area contributed by atoms with Gasteiger partial charge in [-0.25, -0.2) is 0 Å². The molecule has 0 saturated carbocycles. The van der Waals surface area contributed by atoms with Crippen LogP contribution in [0, 0.1) is 0 Å². The summed E-state index contributed by atoms with van der Waals surface area (Å²) in [5.41, 5.74) is 1.09. The van der Waals surface area contributed by atoms with Gasteiger partial charge in [0.2, 0.25) is 0 Å². The van der Waals surface area contributed by atoms with Crippen molar-refractivity contribution in [3.05, 3.63) is 43.0 Å². The van der Waals surface area contributed by atoms with Crippen molar-refractivity contribution in [1.29, 1.82) is 0 Å². The molecule has 3 aromatic heterocycles. The predicted molar refractivity (Wildman–Crippen MR) is 59.0 cm³/mol. The normalized spacial score (nSPS) is 10.9. The summed E-state index contributed by atoms with van der Waals surface area (Å²) in [5, 5.41) is 0. The zero-order valence-electron chi connectivity index (χ0n) is 8.04. The molecule has 1 radical (unpaired) electrons. The Kier molecular flexibility index (Phi) is 1.93. The second-order valence-electron chi connectivity index (χ2n) is 3.30. The van der Waals surface area contributed by atoms with Gasteiger partial charge in [-0.1, -0.05) is 0 Å². The SMILES string of the molecule is [GaH][n]1ccnc1-c1ncc2ccccn12. The van der Waals surface area contributed by atoms with Crippen LogP contribution >= 0.6 is 0 Å². The van der Waals surface area contributed by atoms with Crippen molar-refractivity contribution in [1.82, 2.24) is 17.6 Å². The third kappa shape index (κ3) is 1.31. The molecule has 0 amide bonds. The zero-order chi connectivity index (χ0) is 10.3. The zero-order valence-corrected chi connectivity index (χ0v) is 11.0. The molecular formula is C10H8GaN4. The third-order valence-electron chi connectivity index (χ3n) is 2.35. The van der Waals surface area contributed by atoms with E-state index in [0.29, 0.717) is 0 Å². The molecule has 0 N–H and O–H groups in total. The van der Waals surface area contributed by atoms with E-state index in [2.05, 4.69) is 17.6 Å². The molecule has 0 unspecified atom stereocenters. The van der Waals surface area contributed by atoms with Gasteiger partial charge < -0.3 is 0 Å². The Balaban J connectivity index is 2.32. The van der Waals surface area contributed by atoms with E-state index in [9.17, 15) is 0 Å². The average Bonchev–Trinajstić information content (AvgIpc) is 2.83. The predicted octanol–water partition coefficient (Wildman–Crippen LogP) is 0.862. The molecule has 3 rings (SSSR count). The van der Waals surface area contributed by atoms with E-state index in [1.807, 2.05) is 43.0 Å². The number of hydrogen-bond donors (Lipinski definition) is 0. The van der Waals surface area contributed by atoms with Crippen molar-refractivity contribution in [3.8, 4) is 11.6 Å². The molecule has 5 heteroatoms. The van der Waals surface area contributed by atoms with E-state index < -0.39 is 0 Å². The molecule has 4 nitrogen and oxygen atoms in total. The molecule has 0 saturated heterocycles. The monoisotopic (exact) mass is 253 g/mol. The molecule has 15 heavy (non-hydrogen) atoms. The average molecular weight is 254 g/mol. The van der Waals surface area contributed by atoms with Crippen molar-refractivity contribution >= 4 is 24.4 Å². The van der Waals surface area contributed by atoms with Crippen LogP contribution in [0.5, 0.6) is 0 Å². The first-order valence-corrected chi connectivity index (χ1v) is 5.95. The van der Waals surface area contributed by atoms with E-state index in [-0.39, 0.29) is 0 Å².